The van der Waals surface area contributed by atoms with Gasteiger partial charge in [-0.1, -0.05) is 54.6 Å². The van der Waals surface area contributed by atoms with Crippen molar-refractivity contribution in [3.05, 3.63) is 95.6 Å². The molecule has 3 rings (SSSR count). The third-order valence-electron chi connectivity index (χ3n) is 5.73. The van der Waals surface area contributed by atoms with Gasteiger partial charge < -0.3 is 30.8 Å². The maximum absolute atomic E-state index is 12.1. The maximum Gasteiger partial charge on any atom is 0.145 e. The van der Waals surface area contributed by atoms with E-state index in [4.69, 9.17) is 25.7 Å². The first-order chi connectivity index (χ1) is 16.4. The molecule has 0 bridgehead atoms. The largest absolute Gasteiger partial charge is 0.497 e. The second-order valence-corrected chi connectivity index (χ2v) is 7.94. The molecule has 2 atom stereocenters. The van der Waals surface area contributed by atoms with Gasteiger partial charge in [0.2, 0.25) is 0 Å². The molecule has 0 fully saturated rings. The second-order valence-electron chi connectivity index (χ2n) is 7.94. The van der Waals surface area contributed by atoms with Gasteiger partial charge in [0.1, 0.15) is 35.2 Å². The molecule has 0 spiro atoms. The molecule has 0 aliphatic rings. The summed E-state index contributed by atoms with van der Waals surface area (Å²) in [5, 5.41) is 10.7. The van der Waals surface area contributed by atoms with Gasteiger partial charge in [0.05, 0.1) is 14.2 Å². The number of hydrogen-bond donors (Lipinski definition) is 3. The molecule has 0 aromatic heterocycles. The van der Waals surface area contributed by atoms with Crippen molar-refractivity contribution in [3.8, 4) is 11.5 Å². The van der Waals surface area contributed by atoms with Gasteiger partial charge in [-0.3, -0.25) is 4.79 Å². The summed E-state index contributed by atoms with van der Waals surface area (Å²) >= 11 is 0. The number of methoxy groups -OCH3 is 2. The Bertz CT molecular complexity index is 991. The van der Waals surface area contributed by atoms with E-state index in [0.29, 0.717) is 11.5 Å². The van der Waals surface area contributed by atoms with Crippen molar-refractivity contribution in [2.24, 2.45) is 11.5 Å². The average Bonchev–Trinajstić information content (AvgIpc) is 2.88. The molecule has 7 nitrogen and oxygen atoms in total. The number of carbonyl (C=O) groups is 1. The Morgan fingerprint density at radius 1 is 0.853 bits per heavy atom. The van der Waals surface area contributed by atoms with Gasteiger partial charge in [0.25, 0.3) is 0 Å². The molecular formula is C27H32N2O5. The van der Waals surface area contributed by atoms with E-state index in [-0.39, 0.29) is 25.2 Å². The fourth-order valence-electron chi connectivity index (χ4n) is 3.92. The molecule has 0 saturated carbocycles. The van der Waals surface area contributed by atoms with Crippen molar-refractivity contribution in [3.63, 3.8) is 0 Å². The number of ether oxygens (including phenoxy) is 3. The molecule has 0 saturated heterocycles. The molecule has 0 aliphatic heterocycles. The van der Waals surface area contributed by atoms with Crippen LogP contribution < -0.4 is 20.9 Å². The molecule has 7 heteroatoms. The van der Waals surface area contributed by atoms with Crippen molar-refractivity contribution in [2.45, 2.75) is 30.8 Å². The third kappa shape index (κ3) is 5.63. The lowest BCUT2D eigenvalue weighted by Gasteiger charge is -2.39. The molecule has 180 valence electrons. The summed E-state index contributed by atoms with van der Waals surface area (Å²) in [5.41, 5.74) is 13.0. The molecule has 3 aromatic carbocycles. The number of ketones is 1. The Hall–Kier alpha value is -3.23. The van der Waals surface area contributed by atoms with Crippen molar-refractivity contribution in [1.82, 2.24) is 0 Å². The predicted molar refractivity (Wildman–Crippen MR) is 131 cm³/mol. The third-order valence-corrected chi connectivity index (χ3v) is 5.73. The maximum atomic E-state index is 12.1. The smallest absolute Gasteiger partial charge is 0.145 e. The molecular weight excluding hydrogens is 432 g/mol. The summed E-state index contributed by atoms with van der Waals surface area (Å²) in [7, 11) is 3.20. The monoisotopic (exact) mass is 464 g/mol. The number of aliphatic hydroxyl groups is 1. The quantitative estimate of drug-likeness (QED) is 0.279. The molecule has 3 aromatic rings. The van der Waals surface area contributed by atoms with Crippen LogP contribution in [0.2, 0.25) is 0 Å². The number of benzene rings is 3. The van der Waals surface area contributed by atoms with Crippen molar-refractivity contribution in [1.29, 1.82) is 0 Å². The van der Waals surface area contributed by atoms with E-state index in [1.807, 2.05) is 78.9 Å². The molecule has 34 heavy (non-hydrogen) atoms. The summed E-state index contributed by atoms with van der Waals surface area (Å²) in [4.78, 5) is 12.1. The standard InChI is InChI=1S/C27H32N2O5/c1-32-23-12-8-20(9-13-23)27(19-6-4-3-5-7-19,21-10-14-24(33-2)15-11-21)34-26(29)25(31)18-22(30)16-17-28/h3-15,25-26,31H,16-18,28-29H2,1-2H3. The van der Waals surface area contributed by atoms with Gasteiger partial charge in [-0.25, -0.2) is 0 Å². The first-order valence-electron chi connectivity index (χ1n) is 11.1. The fraction of sp³-hybridized carbons (Fsp3) is 0.296. The van der Waals surface area contributed by atoms with Crippen LogP contribution in [0.3, 0.4) is 0 Å². The normalized spacial score (nSPS) is 13.2. The fourth-order valence-corrected chi connectivity index (χ4v) is 3.92. The zero-order chi connectivity index (χ0) is 24.6. The SMILES string of the molecule is COc1ccc(C(OC(N)C(O)CC(=O)CCN)(c2ccccc2)c2ccc(OC)cc2)cc1. The Morgan fingerprint density at radius 3 is 1.76 bits per heavy atom. The Labute approximate surface area is 200 Å². The summed E-state index contributed by atoms with van der Waals surface area (Å²) in [6, 6.07) is 24.6. The highest BCUT2D eigenvalue weighted by atomic mass is 16.5. The summed E-state index contributed by atoms with van der Waals surface area (Å²) < 4.78 is 17.2. The molecule has 5 N–H and O–H groups in total. The van der Waals surface area contributed by atoms with Crippen LogP contribution in [0.5, 0.6) is 11.5 Å². The minimum Gasteiger partial charge on any atom is -0.497 e. The van der Waals surface area contributed by atoms with Gasteiger partial charge in [-0.2, -0.15) is 0 Å². The van der Waals surface area contributed by atoms with E-state index < -0.39 is 17.9 Å². The van der Waals surface area contributed by atoms with Crippen LogP contribution in [0.1, 0.15) is 29.5 Å². The van der Waals surface area contributed by atoms with Crippen LogP contribution in [0.4, 0.5) is 0 Å². The van der Waals surface area contributed by atoms with Gasteiger partial charge >= 0.3 is 0 Å². The van der Waals surface area contributed by atoms with Gasteiger partial charge in [0.15, 0.2) is 0 Å². The van der Waals surface area contributed by atoms with E-state index in [1.54, 1.807) is 14.2 Å². The highest BCUT2D eigenvalue weighted by molar-refractivity contribution is 5.79. The van der Waals surface area contributed by atoms with Gasteiger partial charge in [-0.15, -0.1) is 0 Å². The van der Waals surface area contributed by atoms with E-state index in [1.165, 1.54) is 0 Å². The summed E-state index contributed by atoms with van der Waals surface area (Å²) in [6.07, 6.45) is -2.34. The Balaban J connectivity index is 2.15. The number of carbonyl (C=O) groups excluding carboxylic acids is 1. The van der Waals surface area contributed by atoms with E-state index in [9.17, 15) is 9.90 Å². The van der Waals surface area contributed by atoms with Crippen LogP contribution in [0.15, 0.2) is 78.9 Å². The summed E-state index contributed by atoms with van der Waals surface area (Å²) in [5.74, 6) is 1.21. The first kappa shape index (κ1) is 25.4. The highest BCUT2D eigenvalue weighted by Gasteiger charge is 2.41. The minimum absolute atomic E-state index is 0.144. The van der Waals surface area contributed by atoms with Crippen LogP contribution in [0.25, 0.3) is 0 Å². The number of aliphatic hydroxyl groups excluding tert-OH is 1. The lowest BCUT2D eigenvalue weighted by atomic mass is 9.79. The van der Waals surface area contributed by atoms with Crippen LogP contribution >= 0.6 is 0 Å². The lowest BCUT2D eigenvalue weighted by molar-refractivity contribution is -0.129. The molecule has 0 amide bonds. The Kier molecular flexibility index (Phi) is 8.79. The zero-order valence-electron chi connectivity index (χ0n) is 19.5. The number of rotatable bonds is 12. The predicted octanol–water partition coefficient (Wildman–Crippen LogP) is 2.97. The average molecular weight is 465 g/mol. The second kappa shape index (κ2) is 11.8. The first-order valence-corrected chi connectivity index (χ1v) is 11.1. The number of hydrogen-bond acceptors (Lipinski definition) is 7. The highest BCUT2D eigenvalue weighted by Crippen LogP contribution is 2.42. The number of nitrogens with two attached hydrogens (primary N) is 2. The summed E-state index contributed by atoms with van der Waals surface area (Å²) in [6.45, 7) is 0.216. The molecule has 0 radical (unpaired) electrons. The zero-order valence-corrected chi connectivity index (χ0v) is 19.5. The molecule has 0 heterocycles. The Morgan fingerprint density at radius 2 is 1.32 bits per heavy atom. The van der Waals surface area contributed by atoms with Crippen molar-refractivity contribution < 1.29 is 24.1 Å². The van der Waals surface area contributed by atoms with E-state index >= 15 is 0 Å². The topological polar surface area (TPSA) is 117 Å². The van der Waals surface area contributed by atoms with Crippen LogP contribution in [0, 0.1) is 0 Å². The van der Waals surface area contributed by atoms with E-state index in [0.717, 1.165) is 16.7 Å². The molecule has 0 aliphatic carbocycles. The lowest BCUT2D eigenvalue weighted by Crippen LogP contribution is -2.46. The van der Waals surface area contributed by atoms with Crippen LogP contribution in [-0.4, -0.2) is 44.0 Å². The molecule has 2 unspecified atom stereocenters. The van der Waals surface area contributed by atoms with Crippen molar-refractivity contribution >= 4 is 5.78 Å². The van der Waals surface area contributed by atoms with E-state index in [2.05, 4.69) is 0 Å². The van der Waals surface area contributed by atoms with Crippen molar-refractivity contribution in [2.75, 3.05) is 20.8 Å². The van der Waals surface area contributed by atoms with Gasteiger partial charge in [0, 0.05) is 12.8 Å². The minimum atomic E-state index is -1.21. The number of Topliss-reactive ketones (excluding diaryl/α,β-unsaturated/α-hetero) is 1. The van der Waals surface area contributed by atoms with Crippen LogP contribution in [-0.2, 0) is 15.1 Å². The van der Waals surface area contributed by atoms with Gasteiger partial charge in [-0.05, 0) is 47.5 Å².